The fourth-order valence-electron chi connectivity index (χ4n) is 4.37. The van der Waals surface area contributed by atoms with E-state index in [2.05, 4.69) is 29.1 Å². The third kappa shape index (κ3) is 5.67. The molecule has 1 aromatic rings. The van der Waals surface area contributed by atoms with Crippen LogP contribution in [0.25, 0.3) is 0 Å². The van der Waals surface area contributed by atoms with Crippen molar-refractivity contribution in [3.63, 3.8) is 0 Å². The fraction of sp³-hybridized carbons (Fsp3) is 0.750. The van der Waals surface area contributed by atoms with E-state index in [9.17, 15) is 18.4 Å². The van der Waals surface area contributed by atoms with Crippen molar-refractivity contribution in [3.05, 3.63) is 16.7 Å². The summed E-state index contributed by atoms with van der Waals surface area (Å²) in [5.41, 5.74) is -0.401. The minimum Gasteiger partial charge on any atom is -0.466 e. The van der Waals surface area contributed by atoms with Crippen molar-refractivity contribution in [2.24, 2.45) is 17.8 Å². The molecule has 1 aliphatic heterocycles. The predicted molar refractivity (Wildman–Crippen MR) is 105 cm³/mol. The van der Waals surface area contributed by atoms with Crippen molar-refractivity contribution in [3.8, 4) is 5.88 Å². The van der Waals surface area contributed by atoms with Crippen LogP contribution in [-0.4, -0.2) is 48.0 Å². The monoisotopic (exact) mass is 412 g/mol. The molecular weight excluding hydrogens is 382 g/mol. The first-order valence-electron chi connectivity index (χ1n) is 10.4. The Bertz CT molecular complexity index is 750. The number of carbonyl (C=O) groups is 1. The molecular formula is C20H30F2N4O3. The van der Waals surface area contributed by atoms with Gasteiger partial charge in [0.2, 0.25) is 5.88 Å². The Morgan fingerprint density at radius 1 is 1.24 bits per heavy atom. The second-order valence-electron chi connectivity index (χ2n) is 8.32. The Morgan fingerprint density at radius 2 is 1.86 bits per heavy atom. The van der Waals surface area contributed by atoms with Crippen LogP contribution in [0.1, 0.15) is 46.0 Å². The Kier molecular flexibility index (Phi) is 6.74. The molecule has 3 rings (SSSR count). The van der Waals surface area contributed by atoms with Crippen molar-refractivity contribution in [1.29, 1.82) is 0 Å². The van der Waals surface area contributed by atoms with E-state index in [1.807, 2.05) is 0 Å². The van der Waals surface area contributed by atoms with Crippen molar-refractivity contribution in [2.45, 2.75) is 51.9 Å². The van der Waals surface area contributed by atoms with Crippen LogP contribution in [0.3, 0.4) is 0 Å². The lowest BCUT2D eigenvalue weighted by atomic mass is 9.73. The van der Waals surface area contributed by atoms with Crippen LogP contribution >= 0.6 is 0 Å². The van der Waals surface area contributed by atoms with E-state index in [4.69, 9.17) is 4.74 Å². The molecule has 1 amide bonds. The molecule has 2 heterocycles. The summed E-state index contributed by atoms with van der Waals surface area (Å²) in [6, 6.07) is 0. The van der Waals surface area contributed by atoms with E-state index in [-0.39, 0.29) is 24.1 Å². The number of rotatable bonds is 8. The van der Waals surface area contributed by atoms with Gasteiger partial charge in [0.25, 0.3) is 11.8 Å². The zero-order chi connectivity index (χ0) is 21.0. The van der Waals surface area contributed by atoms with Gasteiger partial charge in [0.05, 0.1) is 13.1 Å². The number of nitrogens with zero attached hydrogens (tertiary/aromatic N) is 2. The highest BCUT2D eigenvalue weighted by Crippen LogP contribution is 2.37. The number of aromatic amines is 1. The maximum absolute atomic E-state index is 13.1. The lowest BCUT2D eigenvalue weighted by Crippen LogP contribution is -2.56. The Hall–Kier alpha value is -2.19. The zero-order valence-electron chi connectivity index (χ0n) is 17.0. The molecule has 162 valence electrons. The molecule has 1 aliphatic carbocycles. The molecule has 7 nitrogen and oxygen atoms in total. The second kappa shape index (κ2) is 9.09. The van der Waals surface area contributed by atoms with E-state index >= 15 is 0 Å². The molecule has 0 bridgehead atoms. The van der Waals surface area contributed by atoms with E-state index in [0.29, 0.717) is 24.3 Å². The second-order valence-corrected chi connectivity index (χ2v) is 8.32. The van der Waals surface area contributed by atoms with Gasteiger partial charge in [-0.25, -0.2) is 13.6 Å². The number of anilines is 1. The van der Waals surface area contributed by atoms with Gasteiger partial charge < -0.3 is 19.9 Å². The van der Waals surface area contributed by atoms with Gasteiger partial charge in [-0.1, -0.05) is 26.7 Å². The Morgan fingerprint density at radius 3 is 2.45 bits per heavy atom. The summed E-state index contributed by atoms with van der Waals surface area (Å²) < 4.78 is 31.7. The Labute approximate surface area is 169 Å². The topological polar surface area (TPSA) is 87.3 Å². The van der Waals surface area contributed by atoms with Crippen molar-refractivity contribution < 1.29 is 18.3 Å². The molecule has 2 atom stereocenters. The number of amides is 1. The summed E-state index contributed by atoms with van der Waals surface area (Å²) in [6.45, 7) is 3.78. The number of H-pyrrole nitrogens is 1. The first-order chi connectivity index (χ1) is 13.8. The number of halogens is 2. The molecule has 2 aliphatic rings. The van der Waals surface area contributed by atoms with Gasteiger partial charge in [0, 0.05) is 12.7 Å². The molecule has 2 fully saturated rings. The van der Waals surface area contributed by atoms with Crippen molar-refractivity contribution >= 4 is 11.6 Å². The van der Waals surface area contributed by atoms with Crippen LogP contribution in [-0.2, 0) is 4.79 Å². The van der Waals surface area contributed by atoms with Crippen LogP contribution in [0.2, 0.25) is 0 Å². The molecule has 1 saturated heterocycles. The highest BCUT2D eigenvalue weighted by molar-refractivity contribution is 5.77. The summed E-state index contributed by atoms with van der Waals surface area (Å²) in [4.78, 5) is 31.1. The summed E-state index contributed by atoms with van der Waals surface area (Å²) >= 11 is 0. The van der Waals surface area contributed by atoms with Gasteiger partial charge >= 0.3 is 5.69 Å². The number of nitrogens with one attached hydrogen (secondary N) is 2. The maximum Gasteiger partial charge on any atom is 0.348 e. The van der Waals surface area contributed by atoms with Crippen LogP contribution < -0.4 is 20.6 Å². The third-order valence-electron chi connectivity index (χ3n) is 6.02. The number of ether oxygens (including phenoxy) is 1. The van der Waals surface area contributed by atoms with E-state index < -0.39 is 24.7 Å². The van der Waals surface area contributed by atoms with Gasteiger partial charge in [0.1, 0.15) is 5.69 Å². The zero-order valence-corrected chi connectivity index (χ0v) is 17.0. The lowest BCUT2D eigenvalue weighted by molar-refractivity contribution is -0.123. The molecule has 0 spiro atoms. The van der Waals surface area contributed by atoms with E-state index in [0.717, 1.165) is 25.7 Å². The first kappa shape index (κ1) is 21.5. The lowest BCUT2D eigenvalue weighted by Gasteiger charge is -2.40. The van der Waals surface area contributed by atoms with Crippen LogP contribution in [0.5, 0.6) is 5.88 Å². The normalized spacial score (nSPS) is 25.9. The minimum absolute atomic E-state index is 0.103. The molecule has 1 aromatic heterocycles. The van der Waals surface area contributed by atoms with Gasteiger partial charge in [-0.05, 0) is 37.0 Å². The predicted octanol–water partition coefficient (Wildman–Crippen LogP) is 2.57. The van der Waals surface area contributed by atoms with E-state index in [1.54, 1.807) is 0 Å². The number of alkyl halides is 2. The van der Waals surface area contributed by atoms with Gasteiger partial charge in [-0.3, -0.25) is 4.79 Å². The van der Waals surface area contributed by atoms with E-state index in [1.165, 1.54) is 17.5 Å². The molecule has 0 aromatic carbocycles. The van der Waals surface area contributed by atoms with Gasteiger partial charge in [0.15, 0.2) is 6.61 Å². The highest BCUT2D eigenvalue weighted by Gasteiger charge is 2.45. The number of hydrogen-bond acceptors (Lipinski definition) is 5. The van der Waals surface area contributed by atoms with Crippen molar-refractivity contribution in [1.82, 2.24) is 15.3 Å². The summed E-state index contributed by atoms with van der Waals surface area (Å²) in [6.07, 6.45) is 7.13. The highest BCUT2D eigenvalue weighted by atomic mass is 19.3. The molecule has 29 heavy (non-hydrogen) atoms. The standard InChI is InChI=1S/C20H30F2N4O3/c1-3-13-5-14(4-2)7-15(6-13)8-23-17(27)10-29-18-16(9-24-19(28)25-18)26-11-20(21,22)12-26/h9,13-15H,3-8,10-12H2,1-2H3,(H,23,27)(H,24,25,28). The molecule has 2 N–H and O–H groups in total. The largest absolute Gasteiger partial charge is 0.466 e. The smallest absolute Gasteiger partial charge is 0.348 e. The van der Waals surface area contributed by atoms with Crippen LogP contribution in [0, 0.1) is 17.8 Å². The molecule has 0 radical (unpaired) electrons. The maximum atomic E-state index is 13.1. The van der Waals surface area contributed by atoms with Crippen LogP contribution in [0.15, 0.2) is 11.0 Å². The first-order valence-corrected chi connectivity index (χ1v) is 10.4. The average molecular weight is 412 g/mol. The number of aromatic nitrogens is 2. The molecule has 9 heteroatoms. The van der Waals surface area contributed by atoms with Crippen molar-refractivity contribution in [2.75, 3.05) is 31.1 Å². The summed E-state index contributed by atoms with van der Waals surface area (Å²) in [7, 11) is 0. The SMILES string of the molecule is CCC1CC(CC)CC(CNC(=O)COc2nc(=O)[nH]cc2N2CC(F)(F)C2)C1. The summed E-state index contributed by atoms with van der Waals surface area (Å²) in [5, 5.41) is 2.91. The van der Waals surface area contributed by atoms with Gasteiger partial charge in [-0.15, -0.1) is 0 Å². The third-order valence-corrected chi connectivity index (χ3v) is 6.02. The number of carbonyl (C=O) groups excluding carboxylic acids is 1. The minimum atomic E-state index is -2.77. The quantitative estimate of drug-likeness (QED) is 0.685. The Balaban J connectivity index is 1.51. The molecule has 2 unspecified atom stereocenters. The number of hydrogen-bond donors (Lipinski definition) is 2. The average Bonchev–Trinajstić information content (AvgIpc) is 2.68. The van der Waals surface area contributed by atoms with Crippen LogP contribution in [0.4, 0.5) is 14.5 Å². The fourth-order valence-corrected chi connectivity index (χ4v) is 4.37. The van der Waals surface area contributed by atoms with Gasteiger partial charge in [-0.2, -0.15) is 4.98 Å². The summed E-state index contributed by atoms with van der Waals surface area (Å²) in [5.74, 6) is -1.29. The molecule has 1 saturated carbocycles.